The number of rotatable bonds is 6. The molecule has 0 saturated carbocycles. The molecule has 0 aliphatic carbocycles. The van der Waals surface area contributed by atoms with Gasteiger partial charge in [0.15, 0.2) is 5.82 Å². The summed E-state index contributed by atoms with van der Waals surface area (Å²) < 4.78 is 3.58. The van der Waals surface area contributed by atoms with E-state index in [1.807, 2.05) is 49.0 Å². The van der Waals surface area contributed by atoms with Crippen LogP contribution in [0.5, 0.6) is 0 Å². The molecule has 152 valence electrons. The Labute approximate surface area is 179 Å². The van der Waals surface area contributed by atoms with Crippen LogP contribution >= 0.6 is 11.6 Å². The average Bonchev–Trinajstić information content (AvgIpc) is 3.32. The van der Waals surface area contributed by atoms with E-state index in [9.17, 15) is 4.79 Å². The third kappa shape index (κ3) is 4.26. The van der Waals surface area contributed by atoms with Crippen LogP contribution in [-0.2, 0) is 13.0 Å². The predicted molar refractivity (Wildman–Crippen MR) is 116 cm³/mol. The molecule has 3 heterocycles. The topological polar surface area (TPSA) is 77.6 Å². The average molecular weight is 421 g/mol. The second-order valence-corrected chi connectivity index (χ2v) is 7.35. The van der Waals surface area contributed by atoms with Crippen molar-refractivity contribution in [1.29, 1.82) is 0 Å². The van der Waals surface area contributed by atoms with Crippen molar-refractivity contribution >= 4 is 23.3 Å². The third-order valence-electron chi connectivity index (χ3n) is 4.84. The Balaban J connectivity index is 1.39. The number of benzene rings is 1. The fourth-order valence-electron chi connectivity index (χ4n) is 3.16. The zero-order valence-corrected chi connectivity index (χ0v) is 17.5. The van der Waals surface area contributed by atoms with E-state index in [-0.39, 0.29) is 5.91 Å². The minimum absolute atomic E-state index is 0.215. The number of amides is 1. The minimum Gasteiger partial charge on any atom is -0.305 e. The summed E-state index contributed by atoms with van der Waals surface area (Å²) in [5.74, 6) is 0.302. The first-order valence-corrected chi connectivity index (χ1v) is 9.95. The zero-order valence-electron chi connectivity index (χ0n) is 16.7. The molecule has 4 aromatic rings. The number of nitrogens with one attached hydrogen (secondary N) is 1. The van der Waals surface area contributed by atoms with Gasteiger partial charge in [-0.15, -0.1) is 0 Å². The number of aryl methyl sites for hydroxylation is 3. The molecule has 1 N–H and O–H groups in total. The minimum atomic E-state index is -0.215. The van der Waals surface area contributed by atoms with E-state index < -0.39 is 0 Å². The fourth-order valence-corrected chi connectivity index (χ4v) is 3.28. The Bertz CT molecular complexity index is 1160. The van der Waals surface area contributed by atoms with Gasteiger partial charge in [-0.3, -0.25) is 14.5 Å². The van der Waals surface area contributed by atoms with Gasteiger partial charge >= 0.3 is 0 Å². The van der Waals surface area contributed by atoms with Crippen molar-refractivity contribution in [3.05, 3.63) is 88.6 Å². The summed E-state index contributed by atoms with van der Waals surface area (Å²) in [5.41, 5.74) is 4.21. The van der Waals surface area contributed by atoms with Crippen LogP contribution in [0.4, 0.5) is 5.82 Å². The van der Waals surface area contributed by atoms with Crippen molar-refractivity contribution in [2.24, 2.45) is 0 Å². The van der Waals surface area contributed by atoms with Crippen LogP contribution in [0, 0.1) is 13.8 Å². The van der Waals surface area contributed by atoms with Crippen LogP contribution in [0.3, 0.4) is 0 Å². The van der Waals surface area contributed by atoms with Gasteiger partial charge < -0.3 is 5.32 Å². The maximum absolute atomic E-state index is 12.6. The lowest BCUT2D eigenvalue weighted by Gasteiger charge is -2.06. The molecule has 0 spiro atoms. The Hall–Kier alpha value is -3.45. The molecule has 3 aromatic heterocycles. The number of nitrogens with zero attached hydrogens (tertiary/aromatic N) is 5. The van der Waals surface area contributed by atoms with E-state index >= 15 is 0 Å². The molecule has 0 unspecified atom stereocenters. The Kier molecular flexibility index (Phi) is 5.63. The molecule has 1 amide bonds. The molecule has 0 radical (unpaired) electrons. The standard InChI is InChI=1S/C22H21ClN6O/c1-15-21(23)16(2)29(26-15)19-5-3-18(4-6-19)22(30)25-20-10-14-28(27-20)13-9-17-7-11-24-12-8-17/h3-8,10-12,14H,9,13H2,1-2H3,(H,25,27,30). The Morgan fingerprint density at radius 2 is 1.77 bits per heavy atom. The summed E-state index contributed by atoms with van der Waals surface area (Å²) in [6.45, 7) is 4.50. The van der Waals surface area contributed by atoms with Gasteiger partial charge in [0.2, 0.25) is 0 Å². The molecule has 30 heavy (non-hydrogen) atoms. The molecule has 7 nitrogen and oxygen atoms in total. The van der Waals surface area contributed by atoms with E-state index in [4.69, 9.17) is 11.6 Å². The molecular formula is C22H21ClN6O. The van der Waals surface area contributed by atoms with Crippen LogP contribution in [0.2, 0.25) is 5.02 Å². The number of carbonyl (C=O) groups excluding carboxylic acids is 1. The molecule has 8 heteroatoms. The first-order chi connectivity index (χ1) is 14.5. The largest absolute Gasteiger partial charge is 0.305 e. The summed E-state index contributed by atoms with van der Waals surface area (Å²) in [7, 11) is 0. The highest BCUT2D eigenvalue weighted by Gasteiger charge is 2.12. The second-order valence-electron chi connectivity index (χ2n) is 6.97. The molecule has 0 aliphatic rings. The van der Waals surface area contributed by atoms with Crippen molar-refractivity contribution in [2.75, 3.05) is 5.32 Å². The van der Waals surface area contributed by atoms with Crippen LogP contribution in [-0.4, -0.2) is 30.5 Å². The first kappa shape index (κ1) is 19.8. The number of carbonyl (C=O) groups is 1. The van der Waals surface area contributed by atoms with Gasteiger partial charge in [0.05, 0.1) is 22.1 Å². The van der Waals surface area contributed by atoms with E-state index in [0.29, 0.717) is 16.4 Å². The summed E-state index contributed by atoms with van der Waals surface area (Å²) in [4.78, 5) is 16.6. The molecule has 0 aliphatic heterocycles. The van der Waals surface area contributed by atoms with Crippen molar-refractivity contribution in [3.63, 3.8) is 0 Å². The summed E-state index contributed by atoms with van der Waals surface area (Å²) in [6.07, 6.45) is 6.25. The van der Waals surface area contributed by atoms with Crippen molar-refractivity contribution < 1.29 is 4.79 Å². The van der Waals surface area contributed by atoms with E-state index in [1.165, 1.54) is 5.56 Å². The first-order valence-electron chi connectivity index (χ1n) is 9.57. The Morgan fingerprint density at radius 3 is 2.43 bits per heavy atom. The number of halogens is 1. The molecule has 0 saturated heterocycles. The van der Waals surface area contributed by atoms with Gasteiger partial charge in [-0.05, 0) is 62.2 Å². The maximum Gasteiger partial charge on any atom is 0.256 e. The monoisotopic (exact) mass is 420 g/mol. The zero-order chi connectivity index (χ0) is 21.1. The quantitative estimate of drug-likeness (QED) is 0.506. The summed E-state index contributed by atoms with van der Waals surface area (Å²) in [6, 6.07) is 13.0. The number of hydrogen-bond donors (Lipinski definition) is 1. The highest BCUT2D eigenvalue weighted by atomic mass is 35.5. The number of hydrogen-bond acceptors (Lipinski definition) is 4. The summed E-state index contributed by atoms with van der Waals surface area (Å²) >= 11 is 6.22. The molecule has 0 atom stereocenters. The van der Waals surface area contributed by atoms with Crippen LogP contribution in [0.1, 0.15) is 27.3 Å². The normalized spacial score (nSPS) is 10.9. The molecule has 1 aromatic carbocycles. The second kappa shape index (κ2) is 8.51. The number of anilines is 1. The van der Waals surface area contributed by atoms with Crippen LogP contribution < -0.4 is 5.32 Å². The predicted octanol–water partition coefficient (Wildman–Crippen LogP) is 4.23. The lowest BCUT2D eigenvalue weighted by atomic mass is 10.2. The van der Waals surface area contributed by atoms with Crippen molar-refractivity contribution in [2.45, 2.75) is 26.8 Å². The van der Waals surface area contributed by atoms with Gasteiger partial charge in [0.1, 0.15) is 0 Å². The van der Waals surface area contributed by atoms with Gasteiger partial charge in [0, 0.05) is 36.8 Å². The van der Waals surface area contributed by atoms with Crippen molar-refractivity contribution in [1.82, 2.24) is 24.5 Å². The molecule has 4 rings (SSSR count). The van der Waals surface area contributed by atoms with Gasteiger partial charge in [-0.2, -0.15) is 10.2 Å². The smallest absolute Gasteiger partial charge is 0.256 e. The fraction of sp³-hybridized carbons (Fsp3) is 0.182. The Morgan fingerprint density at radius 1 is 1.03 bits per heavy atom. The van der Waals surface area contributed by atoms with E-state index in [0.717, 1.165) is 30.0 Å². The number of pyridine rings is 1. The highest BCUT2D eigenvalue weighted by Crippen LogP contribution is 2.22. The molecule has 0 fully saturated rings. The van der Waals surface area contributed by atoms with Crippen LogP contribution in [0.25, 0.3) is 5.69 Å². The van der Waals surface area contributed by atoms with Crippen LogP contribution in [0.15, 0.2) is 61.1 Å². The summed E-state index contributed by atoms with van der Waals surface area (Å²) in [5, 5.41) is 12.3. The SMILES string of the molecule is Cc1nn(-c2ccc(C(=O)Nc3ccn(CCc4ccncc4)n3)cc2)c(C)c1Cl. The lowest BCUT2D eigenvalue weighted by molar-refractivity contribution is 0.102. The van der Waals surface area contributed by atoms with Gasteiger partial charge in [-0.1, -0.05) is 11.6 Å². The maximum atomic E-state index is 12.6. The van der Waals surface area contributed by atoms with E-state index in [1.54, 1.807) is 35.3 Å². The highest BCUT2D eigenvalue weighted by molar-refractivity contribution is 6.31. The van der Waals surface area contributed by atoms with Gasteiger partial charge in [0.25, 0.3) is 5.91 Å². The molecular weight excluding hydrogens is 400 g/mol. The third-order valence-corrected chi connectivity index (χ3v) is 5.39. The van der Waals surface area contributed by atoms with E-state index in [2.05, 4.69) is 20.5 Å². The number of aromatic nitrogens is 5. The lowest BCUT2D eigenvalue weighted by Crippen LogP contribution is -2.13. The van der Waals surface area contributed by atoms with Gasteiger partial charge in [-0.25, -0.2) is 4.68 Å². The van der Waals surface area contributed by atoms with Crippen molar-refractivity contribution in [3.8, 4) is 5.69 Å². The molecule has 0 bridgehead atoms.